The summed E-state index contributed by atoms with van der Waals surface area (Å²) in [7, 11) is 0. The van der Waals surface area contributed by atoms with E-state index in [4.69, 9.17) is 4.74 Å². The molecule has 0 spiro atoms. The Hall–Kier alpha value is -2.04. The number of carbonyl (C=O) groups excluding carboxylic acids is 1. The number of rotatable bonds is 5. The highest BCUT2D eigenvalue weighted by atomic mass is 16.5. The predicted molar refractivity (Wildman–Crippen MR) is 84.8 cm³/mol. The van der Waals surface area contributed by atoms with Gasteiger partial charge in [0.2, 0.25) is 0 Å². The van der Waals surface area contributed by atoms with Gasteiger partial charge in [-0.05, 0) is 36.7 Å². The number of carbonyl (C=O) groups is 2. The van der Waals surface area contributed by atoms with E-state index in [0.717, 1.165) is 31.2 Å². The monoisotopic (exact) mass is 317 g/mol. The van der Waals surface area contributed by atoms with Crippen LogP contribution in [0.5, 0.6) is 0 Å². The van der Waals surface area contributed by atoms with Crippen LogP contribution in [0.4, 0.5) is 4.79 Å². The van der Waals surface area contributed by atoms with Crippen LogP contribution in [0, 0.1) is 11.8 Å². The highest BCUT2D eigenvalue weighted by molar-refractivity contribution is 5.72. The van der Waals surface area contributed by atoms with Gasteiger partial charge in [0.15, 0.2) is 0 Å². The lowest BCUT2D eigenvalue weighted by atomic mass is 9.73. The molecule has 1 amide bonds. The standard InChI is InChI=1S/C18H23NO4/c20-16(21)11-18(9-14-6-7-15(8-14)10-18)19-17(22)23-12-13-4-2-1-3-5-13/h1-5,14-15H,6-12H2,(H,19,22)(H,20,21)/t14-,15+,18?. The zero-order chi connectivity index (χ0) is 16.3. The molecule has 3 atom stereocenters. The molecular weight excluding hydrogens is 294 g/mol. The fourth-order valence-electron chi connectivity index (χ4n) is 4.29. The third-order valence-electron chi connectivity index (χ3n) is 5.08. The smallest absolute Gasteiger partial charge is 0.407 e. The summed E-state index contributed by atoms with van der Waals surface area (Å²) in [6, 6.07) is 9.47. The summed E-state index contributed by atoms with van der Waals surface area (Å²) in [5, 5.41) is 12.1. The van der Waals surface area contributed by atoms with E-state index >= 15 is 0 Å². The zero-order valence-corrected chi connectivity index (χ0v) is 13.2. The van der Waals surface area contributed by atoms with Crippen molar-refractivity contribution in [2.45, 2.75) is 50.7 Å². The minimum atomic E-state index is -0.866. The Balaban J connectivity index is 1.62. The second kappa shape index (κ2) is 6.60. The van der Waals surface area contributed by atoms with Crippen molar-refractivity contribution in [3.8, 4) is 0 Å². The molecule has 2 aliphatic rings. The van der Waals surface area contributed by atoms with Crippen molar-refractivity contribution in [3.63, 3.8) is 0 Å². The lowest BCUT2D eigenvalue weighted by Gasteiger charge is -2.40. The number of amides is 1. The molecule has 0 saturated heterocycles. The van der Waals surface area contributed by atoms with Gasteiger partial charge in [0.25, 0.3) is 0 Å². The summed E-state index contributed by atoms with van der Waals surface area (Å²) in [5.41, 5.74) is 0.266. The maximum absolute atomic E-state index is 12.2. The highest BCUT2D eigenvalue weighted by Gasteiger charge is 2.46. The number of hydrogen-bond donors (Lipinski definition) is 2. The Morgan fingerprint density at radius 1 is 1.17 bits per heavy atom. The Bertz CT molecular complexity index is 560. The van der Waals surface area contributed by atoms with Crippen LogP contribution in [0.2, 0.25) is 0 Å². The van der Waals surface area contributed by atoms with Crippen molar-refractivity contribution < 1.29 is 19.4 Å². The van der Waals surface area contributed by atoms with Gasteiger partial charge < -0.3 is 15.2 Å². The molecule has 124 valence electrons. The van der Waals surface area contributed by atoms with Crippen molar-refractivity contribution >= 4 is 12.1 Å². The molecule has 0 radical (unpaired) electrons. The fourth-order valence-corrected chi connectivity index (χ4v) is 4.29. The van der Waals surface area contributed by atoms with Gasteiger partial charge in [0.1, 0.15) is 6.61 Å². The molecule has 0 aliphatic heterocycles. The molecule has 3 rings (SSSR count). The van der Waals surface area contributed by atoms with Gasteiger partial charge in [-0.3, -0.25) is 4.79 Å². The van der Waals surface area contributed by atoms with E-state index in [2.05, 4.69) is 5.32 Å². The summed E-state index contributed by atoms with van der Waals surface area (Å²) in [6.07, 6.45) is 4.41. The summed E-state index contributed by atoms with van der Waals surface area (Å²) in [4.78, 5) is 23.5. The van der Waals surface area contributed by atoms with Gasteiger partial charge in [-0.2, -0.15) is 0 Å². The number of nitrogens with one attached hydrogen (secondary N) is 1. The van der Waals surface area contributed by atoms with Crippen molar-refractivity contribution in [1.29, 1.82) is 0 Å². The molecule has 1 aromatic carbocycles. The minimum absolute atomic E-state index is 0.0273. The van der Waals surface area contributed by atoms with Gasteiger partial charge >= 0.3 is 12.1 Å². The molecule has 2 bridgehead atoms. The summed E-state index contributed by atoms with van der Waals surface area (Å²) < 4.78 is 5.29. The minimum Gasteiger partial charge on any atom is -0.481 e. The van der Waals surface area contributed by atoms with Crippen LogP contribution in [0.25, 0.3) is 0 Å². The number of fused-ring (bicyclic) bond motifs is 2. The lowest BCUT2D eigenvalue weighted by Crippen LogP contribution is -2.53. The molecule has 0 heterocycles. The van der Waals surface area contributed by atoms with Crippen molar-refractivity contribution in [2.75, 3.05) is 0 Å². The van der Waals surface area contributed by atoms with Gasteiger partial charge in [-0.25, -0.2) is 4.79 Å². The largest absolute Gasteiger partial charge is 0.481 e. The molecular formula is C18H23NO4. The van der Waals surface area contributed by atoms with Gasteiger partial charge in [-0.15, -0.1) is 0 Å². The molecule has 5 nitrogen and oxygen atoms in total. The number of ether oxygens (including phenoxy) is 1. The number of hydrogen-bond acceptors (Lipinski definition) is 3. The molecule has 2 fully saturated rings. The molecule has 5 heteroatoms. The van der Waals surface area contributed by atoms with E-state index in [1.807, 2.05) is 30.3 Å². The highest BCUT2D eigenvalue weighted by Crippen LogP contribution is 2.47. The fraction of sp³-hybridized carbons (Fsp3) is 0.556. The summed E-state index contributed by atoms with van der Waals surface area (Å²) in [5.74, 6) is 0.194. The lowest BCUT2D eigenvalue weighted by molar-refractivity contribution is -0.139. The Kier molecular flexibility index (Phi) is 4.55. The van der Waals surface area contributed by atoms with Crippen LogP contribution < -0.4 is 5.32 Å². The van der Waals surface area contributed by atoms with Crippen LogP contribution >= 0.6 is 0 Å². The average molecular weight is 317 g/mol. The van der Waals surface area contributed by atoms with E-state index in [1.54, 1.807) is 0 Å². The van der Waals surface area contributed by atoms with Crippen molar-refractivity contribution in [2.24, 2.45) is 11.8 Å². The third kappa shape index (κ3) is 4.03. The van der Waals surface area contributed by atoms with Crippen LogP contribution in [-0.4, -0.2) is 22.7 Å². The quantitative estimate of drug-likeness (QED) is 0.873. The molecule has 2 saturated carbocycles. The number of carboxylic acid groups (broad SMARTS) is 1. The van der Waals surface area contributed by atoms with Crippen molar-refractivity contribution in [1.82, 2.24) is 5.32 Å². The van der Waals surface area contributed by atoms with E-state index in [0.29, 0.717) is 11.8 Å². The molecule has 1 unspecified atom stereocenters. The molecule has 2 aliphatic carbocycles. The zero-order valence-electron chi connectivity index (χ0n) is 13.2. The van der Waals surface area contributed by atoms with E-state index in [9.17, 15) is 14.7 Å². The van der Waals surface area contributed by atoms with Gasteiger partial charge in [0, 0.05) is 0 Å². The normalized spacial score (nSPS) is 29.0. The summed E-state index contributed by atoms with van der Waals surface area (Å²) >= 11 is 0. The number of alkyl carbamates (subject to hydrolysis) is 1. The second-order valence-corrected chi connectivity index (χ2v) is 6.99. The maximum Gasteiger partial charge on any atom is 0.407 e. The predicted octanol–water partition coefficient (Wildman–Crippen LogP) is 3.34. The Morgan fingerprint density at radius 2 is 1.83 bits per heavy atom. The van der Waals surface area contributed by atoms with E-state index < -0.39 is 17.6 Å². The first-order valence-corrected chi connectivity index (χ1v) is 8.25. The molecule has 0 aromatic heterocycles. The van der Waals surface area contributed by atoms with Crippen LogP contribution in [-0.2, 0) is 16.1 Å². The SMILES string of the molecule is O=C(O)CC1(NC(=O)OCc2ccccc2)C[C@@H]2CC[C@@H](C2)C1. The Labute approximate surface area is 136 Å². The maximum atomic E-state index is 12.2. The van der Waals surface area contributed by atoms with Gasteiger partial charge in [0.05, 0.1) is 12.0 Å². The number of benzene rings is 1. The number of aliphatic carboxylic acids is 1. The average Bonchev–Trinajstić information content (AvgIpc) is 2.85. The van der Waals surface area contributed by atoms with Crippen LogP contribution in [0.1, 0.15) is 44.1 Å². The topological polar surface area (TPSA) is 75.6 Å². The molecule has 2 N–H and O–H groups in total. The molecule has 1 aromatic rings. The van der Waals surface area contributed by atoms with E-state index in [1.165, 1.54) is 6.42 Å². The number of carboxylic acids is 1. The van der Waals surface area contributed by atoms with E-state index in [-0.39, 0.29) is 13.0 Å². The first-order valence-electron chi connectivity index (χ1n) is 8.25. The van der Waals surface area contributed by atoms with Crippen LogP contribution in [0.3, 0.4) is 0 Å². The van der Waals surface area contributed by atoms with Crippen LogP contribution in [0.15, 0.2) is 30.3 Å². The second-order valence-electron chi connectivity index (χ2n) is 6.99. The molecule has 23 heavy (non-hydrogen) atoms. The Morgan fingerprint density at radius 3 is 2.43 bits per heavy atom. The van der Waals surface area contributed by atoms with Gasteiger partial charge in [-0.1, -0.05) is 43.2 Å². The van der Waals surface area contributed by atoms with Crippen molar-refractivity contribution in [3.05, 3.63) is 35.9 Å². The first kappa shape index (κ1) is 15.8. The summed E-state index contributed by atoms with van der Waals surface area (Å²) in [6.45, 7) is 0.197. The third-order valence-corrected chi connectivity index (χ3v) is 5.08. The first-order chi connectivity index (χ1) is 11.0.